The minimum absolute atomic E-state index is 0.0152. The van der Waals surface area contributed by atoms with E-state index in [1.165, 1.54) is 0 Å². The van der Waals surface area contributed by atoms with Gasteiger partial charge >= 0.3 is 33.6 Å². The Morgan fingerprint density at radius 1 is 0.289 bits per heavy atom. The summed E-state index contributed by atoms with van der Waals surface area (Å²) in [6, 6.07) is 0. The van der Waals surface area contributed by atoms with E-state index in [1.807, 2.05) is 12.2 Å². The Hall–Kier alpha value is -5.35. The maximum Gasteiger partial charge on any atom is 0.472 e. The lowest BCUT2D eigenvalue weighted by molar-refractivity contribution is -0.161. The van der Waals surface area contributed by atoms with E-state index in [4.69, 9.17) is 32.3 Å². The number of aliphatic hydroxyl groups is 2. The molecule has 5 unspecified atom stereocenters. The van der Waals surface area contributed by atoms with Crippen LogP contribution in [0.2, 0.25) is 0 Å². The molecular formula is C79H126O16P2. The van der Waals surface area contributed by atoms with Gasteiger partial charge in [-0.2, -0.15) is 0 Å². The first kappa shape index (κ1) is 91.6. The molecule has 0 aromatic rings. The molecule has 4 N–H and O–H groups in total. The van der Waals surface area contributed by atoms with Gasteiger partial charge in [0.1, 0.15) is 25.4 Å². The summed E-state index contributed by atoms with van der Waals surface area (Å²) >= 11 is 0. The third-order valence-corrected chi connectivity index (χ3v) is 16.0. The maximum absolute atomic E-state index is 12.9. The average Bonchev–Trinajstić information content (AvgIpc) is 2.50. The van der Waals surface area contributed by atoms with Crippen molar-refractivity contribution in [1.29, 1.82) is 0 Å². The van der Waals surface area contributed by atoms with Crippen molar-refractivity contribution in [2.75, 3.05) is 39.6 Å². The Balaban J connectivity index is 4.72. The molecule has 0 saturated heterocycles. The van der Waals surface area contributed by atoms with E-state index >= 15 is 0 Å². The molecular weight excluding hydrogens is 1270 g/mol. The number of phosphoric ester groups is 2. The predicted molar refractivity (Wildman–Crippen MR) is 398 cm³/mol. The van der Waals surface area contributed by atoms with Crippen LogP contribution in [0.25, 0.3) is 0 Å². The predicted octanol–water partition coefficient (Wildman–Crippen LogP) is 20.6. The van der Waals surface area contributed by atoms with E-state index in [1.54, 1.807) is 0 Å². The molecule has 97 heavy (non-hydrogen) atoms. The SMILES string of the molecule is CC/C=C\C/C=C\C/C=C\C/C=C\C/C=C\C/C=C\CCCCCCCCC(=O)OCC(O)COP(=O)(O)OCC(O)COP(=O)(O)OCC(COC(=O)CCCCCCCC/C=C\C/C=C\C/C=C\C/C=C\CC)OC(=O)CCC/C=C\C/C=C\C/C=C\C/C=C\C/C=C\CC. The van der Waals surface area contributed by atoms with Gasteiger partial charge in [0.2, 0.25) is 0 Å². The van der Waals surface area contributed by atoms with E-state index in [2.05, 4.69) is 191 Å². The Bertz CT molecular complexity index is 2490. The Morgan fingerprint density at radius 3 is 0.845 bits per heavy atom. The van der Waals surface area contributed by atoms with Gasteiger partial charge in [0.15, 0.2) is 6.10 Å². The first-order chi connectivity index (χ1) is 47.2. The minimum atomic E-state index is -4.96. The van der Waals surface area contributed by atoms with Crippen molar-refractivity contribution in [3.8, 4) is 0 Å². The third-order valence-electron chi connectivity index (χ3n) is 14.1. The first-order valence-corrected chi connectivity index (χ1v) is 39.1. The van der Waals surface area contributed by atoms with Gasteiger partial charge in [-0.1, -0.05) is 254 Å². The van der Waals surface area contributed by atoms with Crippen LogP contribution in [0.15, 0.2) is 182 Å². The lowest BCUT2D eigenvalue weighted by Gasteiger charge is -2.21. The van der Waals surface area contributed by atoms with Crippen molar-refractivity contribution in [2.45, 2.75) is 257 Å². The number of rotatable bonds is 66. The van der Waals surface area contributed by atoms with E-state index in [0.717, 1.165) is 173 Å². The number of carbonyl (C=O) groups is 3. The number of ether oxygens (including phenoxy) is 3. The zero-order valence-electron chi connectivity index (χ0n) is 59.4. The Kier molecular flexibility index (Phi) is 66.6. The standard InChI is InChI=1S/C79H126O16P2/c1-4-7-10-13-16-19-22-25-28-31-33-34-35-36-37-38-40-43-44-47-50-53-56-59-62-65-77(82)89-68-74(80)69-91-96(85,86)92-70-75(81)71-93-97(87,88)94-73-76(95-79(84)67-64-61-58-55-52-49-46-41-30-27-24-21-18-15-12-9-6-3)72-90-78(83)66-63-60-57-54-51-48-45-42-39-32-29-26-23-20-17-14-11-8-5-2/h7-12,16-21,25-30,33-34,36-37,39-40,42-43,46,49,55,58,74-76,80-81H,4-6,13-15,22-24,31-32,35,38,41,44-45,47-48,50-54,56-57,59-73H2,1-3H3,(H,85,86)(H,87,88)/b10-7-,11-8-,12-9-,19-16-,20-17-,21-18-,28-25-,29-26-,30-27-,34-33-,37-36-,42-39-,43-40-,49-46-,58-55-. The molecule has 18 heteroatoms. The summed E-state index contributed by atoms with van der Waals surface area (Å²) in [7, 11) is -9.83. The zero-order valence-corrected chi connectivity index (χ0v) is 61.2. The average molecular weight is 1390 g/mol. The highest BCUT2D eigenvalue weighted by atomic mass is 31.2. The van der Waals surface area contributed by atoms with Crippen molar-refractivity contribution >= 4 is 33.6 Å². The first-order valence-electron chi connectivity index (χ1n) is 36.1. The van der Waals surface area contributed by atoms with Crippen molar-refractivity contribution < 1.29 is 75.8 Å². The Morgan fingerprint density at radius 2 is 0.526 bits per heavy atom. The summed E-state index contributed by atoms with van der Waals surface area (Å²) in [5.74, 6) is -1.69. The number of carbonyl (C=O) groups excluding carboxylic acids is 3. The topological polar surface area (TPSA) is 231 Å². The molecule has 0 heterocycles. The smallest absolute Gasteiger partial charge is 0.463 e. The number of phosphoric acid groups is 2. The number of allylic oxidation sites excluding steroid dienone is 30. The van der Waals surface area contributed by atoms with Crippen LogP contribution < -0.4 is 0 Å². The molecule has 0 aliphatic rings. The zero-order chi connectivity index (χ0) is 70.9. The van der Waals surface area contributed by atoms with E-state index < -0.39 is 91.5 Å². The van der Waals surface area contributed by atoms with Crippen LogP contribution >= 0.6 is 15.6 Å². The monoisotopic (exact) mass is 1390 g/mol. The van der Waals surface area contributed by atoms with Gasteiger partial charge in [-0.15, -0.1) is 0 Å². The molecule has 5 atom stereocenters. The molecule has 0 radical (unpaired) electrons. The second-order valence-electron chi connectivity index (χ2n) is 23.2. The fourth-order valence-corrected chi connectivity index (χ4v) is 10.3. The van der Waals surface area contributed by atoms with Gasteiger partial charge in [0.05, 0.1) is 26.4 Å². The van der Waals surface area contributed by atoms with Gasteiger partial charge in [0.25, 0.3) is 0 Å². The second kappa shape index (κ2) is 70.5. The molecule has 0 aliphatic carbocycles. The van der Waals surface area contributed by atoms with Gasteiger partial charge in [-0.3, -0.25) is 32.5 Å². The molecule has 0 bridgehead atoms. The van der Waals surface area contributed by atoms with Gasteiger partial charge < -0.3 is 34.2 Å². The summed E-state index contributed by atoms with van der Waals surface area (Å²) in [5, 5.41) is 20.6. The molecule has 0 spiro atoms. The van der Waals surface area contributed by atoms with Crippen LogP contribution in [0.3, 0.4) is 0 Å². The molecule has 0 aromatic carbocycles. The highest BCUT2D eigenvalue weighted by molar-refractivity contribution is 7.47. The van der Waals surface area contributed by atoms with Crippen LogP contribution in [0.4, 0.5) is 0 Å². The molecule has 0 aliphatic heterocycles. The molecule has 0 fully saturated rings. The Labute approximate surface area is 585 Å². The normalized spacial score (nSPS) is 15.2. The summed E-state index contributed by atoms with van der Waals surface area (Å²) in [6.45, 7) is 2.19. The summed E-state index contributed by atoms with van der Waals surface area (Å²) in [5.41, 5.74) is 0. The third kappa shape index (κ3) is 71.7. The van der Waals surface area contributed by atoms with Crippen LogP contribution in [-0.4, -0.2) is 95.9 Å². The largest absolute Gasteiger partial charge is 0.472 e. The highest BCUT2D eigenvalue weighted by Crippen LogP contribution is 2.45. The van der Waals surface area contributed by atoms with Crippen molar-refractivity contribution in [3.05, 3.63) is 182 Å². The molecule has 16 nitrogen and oxygen atoms in total. The van der Waals surface area contributed by atoms with Crippen molar-refractivity contribution in [2.24, 2.45) is 0 Å². The van der Waals surface area contributed by atoms with Crippen molar-refractivity contribution in [1.82, 2.24) is 0 Å². The van der Waals surface area contributed by atoms with E-state index in [-0.39, 0.29) is 19.3 Å². The highest BCUT2D eigenvalue weighted by Gasteiger charge is 2.29. The molecule has 0 saturated carbocycles. The van der Waals surface area contributed by atoms with Crippen molar-refractivity contribution in [3.63, 3.8) is 0 Å². The van der Waals surface area contributed by atoms with E-state index in [9.17, 15) is 43.5 Å². The van der Waals surface area contributed by atoms with Crippen LogP contribution in [0.5, 0.6) is 0 Å². The maximum atomic E-state index is 12.9. The summed E-state index contributed by atoms with van der Waals surface area (Å²) in [6.07, 6.45) is 89.4. The number of hydrogen-bond donors (Lipinski definition) is 4. The van der Waals surface area contributed by atoms with Crippen LogP contribution in [0, 0.1) is 0 Å². The second-order valence-corrected chi connectivity index (χ2v) is 26.1. The number of hydrogen-bond acceptors (Lipinski definition) is 14. The number of esters is 3. The molecule has 0 rings (SSSR count). The summed E-state index contributed by atoms with van der Waals surface area (Å²) in [4.78, 5) is 58.5. The molecule has 0 aromatic heterocycles. The van der Waals surface area contributed by atoms with E-state index in [0.29, 0.717) is 25.7 Å². The fraction of sp³-hybridized carbons (Fsp3) is 0.582. The minimum Gasteiger partial charge on any atom is -0.463 e. The quantitative estimate of drug-likeness (QED) is 0.0146. The van der Waals surface area contributed by atoms with Crippen LogP contribution in [0.1, 0.15) is 239 Å². The van der Waals surface area contributed by atoms with Gasteiger partial charge in [-0.05, 0) is 148 Å². The molecule has 0 amide bonds. The van der Waals surface area contributed by atoms with Crippen LogP contribution in [-0.2, 0) is 55.8 Å². The summed E-state index contributed by atoms with van der Waals surface area (Å²) < 4.78 is 60.9. The van der Waals surface area contributed by atoms with Gasteiger partial charge in [-0.25, -0.2) is 9.13 Å². The number of aliphatic hydroxyl groups excluding tert-OH is 2. The fourth-order valence-electron chi connectivity index (χ4n) is 8.72. The molecule has 548 valence electrons. The number of unbranched alkanes of at least 4 members (excludes halogenated alkanes) is 13. The lowest BCUT2D eigenvalue weighted by atomic mass is 10.1. The lowest BCUT2D eigenvalue weighted by Crippen LogP contribution is -2.30. The van der Waals surface area contributed by atoms with Gasteiger partial charge in [0, 0.05) is 19.3 Å².